The number of benzene rings is 2. The van der Waals surface area contributed by atoms with Crippen LogP contribution in [0.1, 0.15) is 23.5 Å². The molecule has 1 fully saturated rings. The minimum atomic E-state index is -0.376. The van der Waals surface area contributed by atoms with Crippen molar-refractivity contribution >= 4 is 22.7 Å². The van der Waals surface area contributed by atoms with E-state index in [9.17, 15) is 9.59 Å². The van der Waals surface area contributed by atoms with Gasteiger partial charge in [0.1, 0.15) is 0 Å². The molecule has 0 radical (unpaired) electrons. The molecular weight excluding hydrogens is 288 g/mol. The fraction of sp³-hybridized carbons (Fsp3) is 0.158. The van der Waals surface area contributed by atoms with Crippen molar-refractivity contribution in [2.45, 2.75) is 18.9 Å². The molecule has 2 aromatic carbocycles. The molecule has 2 heterocycles. The van der Waals surface area contributed by atoms with E-state index in [1.807, 2.05) is 60.8 Å². The van der Waals surface area contributed by atoms with Gasteiger partial charge < -0.3 is 4.98 Å². The first-order valence-corrected chi connectivity index (χ1v) is 7.67. The van der Waals surface area contributed by atoms with E-state index in [2.05, 4.69) is 4.98 Å². The van der Waals surface area contributed by atoms with Crippen LogP contribution in [0.25, 0.3) is 10.9 Å². The maximum absolute atomic E-state index is 12.7. The lowest BCUT2D eigenvalue weighted by atomic mass is 9.97. The number of hydrogen-bond acceptors (Lipinski definition) is 2. The second kappa shape index (κ2) is 5.39. The average Bonchev–Trinajstić information content (AvgIpc) is 3.15. The summed E-state index contributed by atoms with van der Waals surface area (Å²) < 4.78 is 0. The van der Waals surface area contributed by atoms with E-state index in [1.165, 1.54) is 4.90 Å². The van der Waals surface area contributed by atoms with Gasteiger partial charge in [0.15, 0.2) is 0 Å². The Morgan fingerprint density at radius 3 is 2.70 bits per heavy atom. The molecule has 1 unspecified atom stereocenters. The molecule has 0 aliphatic carbocycles. The smallest absolute Gasteiger partial charge is 0.237 e. The molecule has 1 aliphatic rings. The minimum absolute atomic E-state index is 0.101. The molecular formula is C19H16N2O2. The van der Waals surface area contributed by atoms with Crippen molar-refractivity contribution in [1.82, 2.24) is 9.88 Å². The third-order valence-electron chi connectivity index (χ3n) is 4.41. The number of nitrogens with one attached hydrogen (secondary N) is 1. The van der Waals surface area contributed by atoms with E-state index < -0.39 is 0 Å². The number of H-pyrrole nitrogens is 1. The van der Waals surface area contributed by atoms with Crippen LogP contribution in [0.2, 0.25) is 0 Å². The molecule has 4 rings (SSSR count). The number of aromatic nitrogens is 1. The molecule has 0 saturated carbocycles. The number of carbonyl (C=O) groups excluding carboxylic acids is 2. The highest BCUT2D eigenvalue weighted by Gasteiger charge is 2.39. The zero-order valence-electron chi connectivity index (χ0n) is 12.5. The molecule has 1 aliphatic heterocycles. The van der Waals surface area contributed by atoms with Crippen LogP contribution in [-0.4, -0.2) is 21.7 Å². The summed E-state index contributed by atoms with van der Waals surface area (Å²) in [4.78, 5) is 29.5. The second-order valence-electron chi connectivity index (χ2n) is 5.88. The second-order valence-corrected chi connectivity index (χ2v) is 5.88. The van der Waals surface area contributed by atoms with Crippen LogP contribution in [-0.2, 0) is 16.1 Å². The predicted molar refractivity (Wildman–Crippen MR) is 87.7 cm³/mol. The Labute approximate surface area is 133 Å². The maximum Gasteiger partial charge on any atom is 0.237 e. The minimum Gasteiger partial charge on any atom is -0.361 e. The first-order valence-electron chi connectivity index (χ1n) is 7.67. The number of likely N-dealkylation sites (tertiary alicyclic amines) is 1. The Bertz CT molecular complexity index is 883. The molecule has 23 heavy (non-hydrogen) atoms. The average molecular weight is 304 g/mol. The van der Waals surface area contributed by atoms with Crippen molar-refractivity contribution in [3.63, 3.8) is 0 Å². The summed E-state index contributed by atoms with van der Waals surface area (Å²) in [5, 5.41) is 1.10. The number of fused-ring (bicyclic) bond motifs is 1. The third-order valence-corrected chi connectivity index (χ3v) is 4.41. The fourth-order valence-corrected chi connectivity index (χ4v) is 3.16. The van der Waals surface area contributed by atoms with Gasteiger partial charge in [0.05, 0.1) is 12.5 Å². The SMILES string of the molecule is O=C1CC(c2ccc3cc[nH]c3c2)C(=O)N1Cc1ccccc1. The van der Waals surface area contributed by atoms with Crippen LogP contribution in [0.15, 0.2) is 60.8 Å². The van der Waals surface area contributed by atoms with Crippen LogP contribution >= 0.6 is 0 Å². The number of rotatable bonds is 3. The van der Waals surface area contributed by atoms with Crippen LogP contribution < -0.4 is 0 Å². The largest absolute Gasteiger partial charge is 0.361 e. The fourth-order valence-electron chi connectivity index (χ4n) is 3.16. The zero-order chi connectivity index (χ0) is 15.8. The number of hydrogen-bond donors (Lipinski definition) is 1. The molecule has 2 amide bonds. The standard InChI is InChI=1S/C19H16N2O2/c22-18-11-16(15-7-6-14-8-9-20-17(14)10-15)19(23)21(18)12-13-4-2-1-3-5-13/h1-10,16,20H,11-12H2. The van der Waals surface area contributed by atoms with Crippen molar-refractivity contribution in [3.05, 3.63) is 71.9 Å². The highest BCUT2D eigenvalue weighted by molar-refractivity contribution is 6.06. The lowest BCUT2D eigenvalue weighted by molar-refractivity contribution is -0.139. The Morgan fingerprint density at radius 2 is 1.87 bits per heavy atom. The van der Waals surface area contributed by atoms with Gasteiger partial charge in [-0.25, -0.2) is 0 Å². The Kier molecular flexibility index (Phi) is 3.23. The Hall–Kier alpha value is -2.88. The van der Waals surface area contributed by atoms with E-state index in [-0.39, 0.29) is 24.2 Å². The van der Waals surface area contributed by atoms with Crippen LogP contribution in [0, 0.1) is 0 Å². The van der Waals surface area contributed by atoms with Crippen molar-refractivity contribution in [3.8, 4) is 0 Å². The van der Waals surface area contributed by atoms with E-state index in [0.29, 0.717) is 6.54 Å². The van der Waals surface area contributed by atoms with Crippen molar-refractivity contribution in [2.75, 3.05) is 0 Å². The lowest BCUT2D eigenvalue weighted by Gasteiger charge is -2.15. The maximum atomic E-state index is 12.7. The van der Waals surface area contributed by atoms with Crippen molar-refractivity contribution < 1.29 is 9.59 Å². The summed E-state index contributed by atoms with van der Waals surface area (Å²) in [6.07, 6.45) is 2.12. The van der Waals surface area contributed by atoms with Gasteiger partial charge in [0.25, 0.3) is 0 Å². The molecule has 1 aromatic heterocycles. The van der Waals surface area contributed by atoms with E-state index in [0.717, 1.165) is 22.0 Å². The van der Waals surface area contributed by atoms with Crippen LogP contribution in [0.4, 0.5) is 0 Å². The molecule has 0 bridgehead atoms. The topological polar surface area (TPSA) is 53.2 Å². The molecule has 1 saturated heterocycles. The summed E-state index contributed by atoms with van der Waals surface area (Å²) in [5.74, 6) is -0.584. The summed E-state index contributed by atoms with van der Waals surface area (Å²) in [6.45, 7) is 0.347. The first-order chi connectivity index (χ1) is 11.2. The van der Waals surface area contributed by atoms with Gasteiger partial charge in [0, 0.05) is 18.1 Å². The van der Waals surface area contributed by atoms with Crippen molar-refractivity contribution in [2.24, 2.45) is 0 Å². The molecule has 0 spiro atoms. The van der Waals surface area contributed by atoms with Crippen LogP contribution in [0.3, 0.4) is 0 Å². The molecule has 114 valence electrons. The van der Waals surface area contributed by atoms with Gasteiger partial charge in [-0.05, 0) is 28.6 Å². The third kappa shape index (κ3) is 2.42. The Balaban J connectivity index is 1.61. The Morgan fingerprint density at radius 1 is 1.04 bits per heavy atom. The number of aromatic amines is 1. The van der Waals surface area contributed by atoms with Gasteiger partial charge in [-0.3, -0.25) is 14.5 Å². The summed E-state index contributed by atoms with van der Waals surface area (Å²) in [7, 11) is 0. The first kappa shape index (κ1) is 13.8. The van der Waals surface area contributed by atoms with Crippen molar-refractivity contribution in [1.29, 1.82) is 0 Å². The summed E-state index contributed by atoms with van der Waals surface area (Å²) >= 11 is 0. The molecule has 4 nitrogen and oxygen atoms in total. The number of nitrogens with zero attached hydrogens (tertiary/aromatic N) is 1. The quantitative estimate of drug-likeness (QED) is 0.755. The van der Waals surface area contributed by atoms with Gasteiger partial charge in [0.2, 0.25) is 11.8 Å². The van der Waals surface area contributed by atoms with Crippen LogP contribution in [0.5, 0.6) is 0 Å². The van der Waals surface area contributed by atoms with Gasteiger partial charge in [-0.1, -0.05) is 42.5 Å². The van der Waals surface area contributed by atoms with Gasteiger partial charge in [-0.2, -0.15) is 0 Å². The highest BCUT2D eigenvalue weighted by atomic mass is 16.2. The van der Waals surface area contributed by atoms with E-state index in [4.69, 9.17) is 0 Å². The molecule has 1 N–H and O–H groups in total. The monoisotopic (exact) mass is 304 g/mol. The molecule has 1 atom stereocenters. The van der Waals surface area contributed by atoms with E-state index >= 15 is 0 Å². The molecule has 3 aromatic rings. The lowest BCUT2D eigenvalue weighted by Crippen LogP contribution is -2.29. The predicted octanol–water partition coefficient (Wildman–Crippen LogP) is 3.21. The summed E-state index contributed by atoms with van der Waals surface area (Å²) in [5.41, 5.74) is 2.85. The zero-order valence-corrected chi connectivity index (χ0v) is 12.5. The van der Waals surface area contributed by atoms with E-state index in [1.54, 1.807) is 0 Å². The normalized spacial score (nSPS) is 18.1. The molecule has 4 heteroatoms. The van der Waals surface area contributed by atoms with Gasteiger partial charge >= 0.3 is 0 Å². The highest BCUT2D eigenvalue weighted by Crippen LogP contribution is 2.32. The number of amides is 2. The van der Waals surface area contributed by atoms with Gasteiger partial charge in [-0.15, -0.1) is 0 Å². The number of imide groups is 1. The summed E-state index contributed by atoms with van der Waals surface area (Å²) in [6, 6.07) is 17.5. The number of carbonyl (C=O) groups is 2.